The lowest BCUT2D eigenvalue weighted by atomic mass is 10.1. The standard InChI is InChI=1S/C11H10FN5/c12-10-2-1-8(4-13)9(3-10)6-17-7-15-11(5-14)16-17/h1-3,7H,5-6,14H2. The zero-order valence-electron chi connectivity index (χ0n) is 8.97. The van der Waals surface area contributed by atoms with Gasteiger partial charge in [0, 0.05) is 0 Å². The first-order valence-electron chi connectivity index (χ1n) is 5.00. The van der Waals surface area contributed by atoms with Crippen LogP contribution in [0.25, 0.3) is 0 Å². The van der Waals surface area contributed by atoms with Gasteiger partial charge in [-0.1, -0.05) is 0 Å². The Bertz CT molecular complexity index is 569. The molecule has 0 bridgehead atoms. The second-order valence-corrected chi connectivity index (χ2v) is 3.48. The van der Waals surface area contributed by atoms with Gasteiger partial charge in [0.05, 0.1) is 24.7 Å². The van der Waals surface area contributed by atoms with Crippen LogP contribution >= 0.6 is 0 Å². The lowest BCUT2D eigenvalue weighted by Crippen LogP contribution is -2.05. The summed E-state index contributed by atoms with van der Waals surface area (Å²) >= 11 is 0. The fraction of sp³-hybridized carbons (Fsp3) is 0.182. The number of nitrogens with two attached hydrogens (primary N) is 1. The average Bonchev–Trinajstić information content (AvgIpc) is 2.77. The fourth-order valence-corrected chi connectivity index (χ4v) is 1.48. The second-order valence-electron chi connectivity index (χ2n) is 3.48. The van der Waals surface area contributed by atoms with E-state index < -0.39 is 0 Å². The molecule has 0 aliphatic rings. The van der Waals surface area contributed by atoms with Crippen molar-refractivity contribution in [1.82, 2.24) is 14.8 Å². The summed E-state index contributed by atoms with van der Waals surface area (Å²) in [6.07, 6.45) is 1.51. The SMILES string of the molecule is N#Cc1ccc(F)cc1Cn1cnc(CN)n1. The summed E-state index contributed by atoms with van der Waals surface area (Å²) in [4.78, 5) is 3.96. The molecule has 1 aromatic heterocycles. The molecule has 0 atom stereocenters. The predicted molar refractivity (Wildman–Crippen MR) is 58.1 cm³/mol. The zero-order chi connectivity index (χ0) is 12.3. The lowest BCUT2D eigenvalue weighted by molar-refractivity contribution is 0.617. The van der Waals surface area contributed by atoms with Crippen LogP contribution in [0.5, 0.6) is 0 Å². The van der Waals surface area contributed by atoms with Gasteiger partial charge in [-0.3, -0.25) is 0 Å². The molecule has 0 spiro atoms. The quantitative estimate of drug-likeness (QED) is 0.847. The molecule has 5 nitrogen and oxygen atoms in total. The highest BCUT2D eigenvalue weighted by molar-refractivity contribution is 5.37. The number of benzene rings is 1. The number of hydrogen-bond donors (Lipinski definition) is 1. The van der Waals surface area contributed by atoms with Crippen LogP contribution < -0.4 is 5.73 Å². The average molecular weight is 231 g/mol. The van der Waals surface area contributed by atoms with E-state index >= 15 is 0 Å². The van der Waals surface area contributed by atoms with E-state index in [0.717, 1.165) is 0 Å². The maximum absolute atomic E-state index is 13.1. The van der Waals surface area contributed by atoms with E-state index in [1.54, 1.807) is 0 Å². The third kappa shape index (κ3) is 2.46. The Kier molecular flexibility index (Phi) is 3.12. The highest BCUT2D eigenvalue weighted by Crippen LogP contribution is 2.11. The minimum absolute atomic E-state index is 0.251. The Morgan fingerprint density at radius 1 is 1.47 bits per heavy atom. The van der Waals surface area contributed by atoms with E-state index in [4.69, 9.17) is 11.0 Å². The highest BCUT2D eigenvalue weighted by atomic mass is 19.1. The number of nitriles is 1. The van der Waals surface area contributed by atoms with Crippen molar-refractivity contribution >= 4 is 0 Å². The van der Waals surface area contributed by atoms with Crippen molar-refractivity contribution in [2.45, 2.75) is 13.1 Å². The van der Waals surface area contributed by atoms with E-state index in [1.165, 1.54) is 29.2 Å². The fourth-order valence-electron chi connectivity index (χ4n) is 1.48. The van der Waals surface area contributed by atoms with Crippen LogP contribution in [0.2, 0.25) is 0 Å². The van der Waals surface area contributed by atoms with E-state index in [0.29, 0.717) is 23.5 Å². The van der Waals surface area contributed by atoms with Crippen LogP contribution in [0, 0.1) is 17.1 Å². The van der Waals surface area contributed by atoms with E-state index in [-0.39, 0.29) is 12.4 Å². The van der Waals surface area contributed by atoms with Crippen LogP contribution in [0.3, 0.4) is 0 Å². The van der Waals surface area contributed by atoms with Crippen molar-refractivity contribution in [2.75, 3.05) is 0 Å². The predicted octanol–water partition coefficient (Wildman–Crippen LogP) is 0.796. The van der Waals surface area contributed by atoms with Gasteiger partial charge in [0.15, 0.2) is 5.82 Å². The Balaban J connectivity index is 2.29. The lowest BCUT2D eigenvalue weighted by Gasteiger charge is -2.03. The Morgan fingerprint density at radius 2 is 2.29 bits per heavy atom. The molecule has 6 heteroatoms. The summed E-state index contributed by atoms with van der Waals surface area (Å²) in [6, 6.07) is 6.04. The first-order chi connectivity index (χ1) is 8.22. The van der Waals surface area contributed by atoms with Gasteiger partial charge in [-0.15, -0.1) is 0 Å². The smallest absolute Gasteiger partial charge is 0.164 e. The van der Waals surface area contributed by atoms with Gasteiger partial charge in [0.25, 0.3) is 0 Å². The minimum Gasteiger partial charge on any atom is -0.324 e. The van der Waals surface area contributed by atoms with Crippen LogP contribution in [-0.4, -0.2) is 14.8 Å². The molecule has 0 aliphatic heterocycles. The van der Waals surface area contributed by atoms with Crippen molar-refractivity contribution in [3.8, 4) is 6.07 Å². The zero-order valence-corrected chi connectivity index (χ0v) is 8.97. The molecule has 2 N–H and O–H groups in total. The monoisotopic (exact) mass is 231 g/mol. The summed E-state index contributed by atoms with van der Waals surface area (Å²) in [5, 5.41) is 13.0. The Hall–Kier alpha value is -2.26. The van der Waals surface area contributed by atoms with E-state index in [2.05, 4.69) is 10.1 Å². The summed E-state index contributed by atoms with van der Waals surface area (Å²) in [7, 11) is 0. The first kappa shape index (κ1) is 11.2. The molecule has 0 radical (unpaired) electrons. The van der Waals surface area contributed by atoms with Gasteiger partial charge in [0.2, 0.25) is 0 Å². The molecular formula is C11H10FN5. The molecular weight excluding hydrogens is 221 g/mol. The summed E-state index contributed by atoms with van der Waals surface area (Å²) in [6.45, 7) is 0.551. The number of rotatable bonds is 3. The van der Waals surface area contributed by atoms with Gasteiger partial charge in [-0.2, -0.15) is 10.4 Å². The van der Waals surface area contributed by atoms with E-state index in [9.17, 15) is 4.39 Å². The highest BCUT2D eigenvalue weighted by Gasteiger charge is 2.06. The molecule has 0 amide bonds. The minimum atomic E-state index is -0.377. The van der Waals surface area contributed by atoms with Crippen molar-refractivity contribution in [3.05, 3.63) is 47.3 Å². The molecule has 0 saturated heterocycles. The van der Waals surface area contributed by atoms with Crippen LogP contribution in [0.15, 0.2) is 24.5 Å². The number of aromatic nitrogens is 3. The van der Waals surface area contributed by atoms with Crippen molar-refractivity contribution in [3.63, 3.8) is 0 Å². The van der Waals surface area contributed by atoms with Crippen molar-refractivity contribution < 1.29 is 4.39 Å². The third-order valence-corrected chi connectivity index (χ3v) is 2.29. The number of nitrogens with zero attached hydrogens (tertiary/aromatic N) is 4. The van der Waals surface area contributed by atoms with Crippen LogP contribution in [0.1, 0.15) is 17.0 Å². The largest absolute Gasteiger partial charge is 0.324 e. The van der Waals surface area contributed by atoms with Gasteiger partial charge in [0.1, 0.15) is 12.1 Å². The van der Waals surface area contributed by atoms with Crippen LogP contribution in [0.4, 0.5) is 4.39 Å². The molecule has 0 unspecified atom stereocenters. The van der Waals surface area contributed by atoms with Gasteiger partial charge in [-0.05, 0) is 23.8 Å². The molecule has 2 aromatic rings. The van der Waals surface area contributed by atoms with Gasteiger partial charge >= 0.3 is 0 Å². The molecule has 2 rings (SSSR count). The topological polar surface area (TPSA) is 80.5 Å². The third-order valence-electron chi connectivity index (χ3n) is 2.29. The molecule has 1 heterocycles. The van der Waals surface area contributed by atoms with Gasteiger partial charge in [-0.25, -0.2) is 14.1 Å². The van der Waals surface area contributed by atoms with Crippen LogP contribution in [-0.2, 0) is 13.1 Å². The maximum Gasteiger partial charge on any atom is 0.164 e. The molecule has 1 aromatic carbocycles. The second kappa shape index (κ2) is 4.72. The molecule has 0 saturated carbocycles. The number of halogens is 1. The Morgan fingerprint density at radius 3 is 2.94 bits per heavy atom. The Labute approximate surface area is 97.3 Å². The first-order valence-corrected chi connectivity index (χ1v) is 5.00. The number of hydrogen-bond acceptors (Lipinski definition) is 4. The molecule has 17 heavy (non-hydrogen) atoms. The normalized spacial score (nSPS) is 10.2. The van der Waals surface area contributed by atoms with Crippen molar-refractivity contribution in [2.24, 2.45) is 5.73 Å². The summed E-state index contributed by atoms with van der Waals surface area (Å²) in [5.74, 6) is 0.137. The molecule has 0 fully saturated rings. The summed E-state index contributed by atoms with van der Waals surface area (Å²) in [5.41, 5.74) is 6.38. The molecule has 86 valence electrons. The maximum atomic E-state index is 13.1. The van der Waals surface area contributed by atoms with Gasteiger partial charge < -0.3 is 5.73 Å². The summed E-state index contributed by atoms with van der Waals surface area (Å²) < 4.78 is 14.6. The van der Waals surface area contributed by atoms with E-state index in [1.807, 2.05) is 6.07 Å². The molecule has 0 aliphatic carbocycles. The van der Waals surface area contributed by atoms with Crippen molar-refractivity contribution in [1.29, 1.82) is 5.26 Å².